The van der Waals surface area contributed by atoms with Crippen LogP contribution in [0.15, 0.2) is 0 Å². The smallest absolute Gasteiger partial charge is 0.314 e. The highest BCUT2D eigenvalue weighted by molar-refractivity contribution is 4.68. The van der Waals surface area contributed by atoms with Crippen molar-refractivity contribution in [2.75, 3.05) is 6.54 Å². The first-order valence-corrected chi connectivity index (χ1v) is 8.88. The molecule has 0 radical (unpaired) electrons. The monoisotopic (exact) mass is 307 g/mol. The average molecular weight is 307 g/mol. The summed E-state index contributed by atoms with van der Waals surface area (Å²) >= 11 is 0. The van der Waals surface area contributed by atoms with Crippen molar-refractivity contribution in [1.82, 2.24) is 5.32 Å². The summed E-state index contributed by atoms with van der Waals surface area (Å²) < 4.78 is 36.2. The lowest BCUT2D eigenvalue weighted by Gasteiger charge is -2.19. The maximum absolute atomic E-state index is 12.1. The fourth-order valence-corrected chi connectivity index (χ4v) is 3.12. The van der Waals surface area contributed by atoms with Crippen molar-refractivity contribution < 1.29 is 13.2 Å². The molecule has 0 aromatic carbocycles. The SMILES string of the molecule is FC(F)(F)CCCCNC1CCCCCCCCCCC1. The van der Waals surface area contributed by atoms with Crippen LogP contribution in [0.1, 0.15) is 89.9 Å². The largest absolute Gasteiger partial charge is 0.389 e. The van der Waals surface area contributed by atoms with Crippen LogP contribution in [0.25, 0.3) is 0 Å². The second-order valence-electron chi connectivity index (χ2n) is 6.48. The molecule has 0 heterocycles. The van der Waals surface area contributed by atoms with Crippen molar-refractivity contribution in [3.63, 3.8) is 0 Å². The fourth-order valence-electron chi connectivity index (χ4n) is 3.12. The summed E-state index contributed by atoms with van der Waals surface area (Å²) in [5.41, 5.74) is 0. The Hall–Kier alpha value is -0.250. The molecule has 1 aliphatic rings. The van der Waals surface area contributed by atoms with E-state index in [-0.39, 0.29) is 6.42 Å². The van der Waals surface area contributed by atoms with E-state index in [4.69, 9.17) is 0 Å². The Labute approximate surface area is 128 Å². The molecule has 0 amide bonds. The third-order valence-electron chi connectivity index (χ3n) is 4.43. The number of unbranched alkanes of at least 4 members (excludes halogenated alkanes) is 1. The molecule has 1 nitrogen and oxygen atoms in total. The molecule has 1 rings (SSSR count). The van der Waals surface area contributed by atoms with Crippen molar-refractivity contribution in [3.8, 4) is 0 Å². The van der Waals surface area contributed by atoms with Gasteiger partial charge in [-0.25, -0.2) is 0 Å². The quantitative estimate of drug-likeness (QED) is 0.616. The first-order valence-electron chi connectivity index (χ1n) is 8.88. The Morgan fingerprint density at radius 3 is 1.67 bits per heavy atom. The molecule has 0 bridgehead atoms. The van der Waals surface area contributed by atoms with E-state index < -0.39 is 12.6 Å². The molecule has 126 valence electrons. The third kappa shape index (κ3) is 12.0. The predicted octanol–water partition coefficient (Wildman–Crippen LogP) is 5.98. The van der Waals surface area contributed by atoms with Crippen molar-refractivity contribution in [1.29, 1.82) is 0 Å². The van der Waals surface area contributed by atoms with Gasteiger partial charge >= 0.3 is 6.18 Å². The van der Waals surface area contributed by atoms with E-state index in [2.05, 4.69) is 5.32 Å². The van der Waals surface area contributed by atoms with Crippen LogP contribution in [-0.2, 0) is 0 Å². The van der Waals surface area contributed by atoms with Crippen molar-refractivity contribution in [3.05, 3.63) is 0 Å². The minimum absolute atomic E-state index is 0.253. The lowest BCUT2D eigenvalue weighted by molar-refractivity contribution is -0.135. The second kappa shape index (κ2) is 11.3. The van der Waals surface area contributed by atoms with Crippen molar-refractivity contribution in [2.24, 2.45) is 0 Å². The molecule has 0 aromatic rings. The molecule has 0 aromatic heterocycles. The van der Waals surface area contributed by atoms with Gasteiger partial charge in [-0.1, -0.05) is 57.8 Å². The van der Waals surface area contributed by atoms with Crippen LogP contribution < -0.4 is 5.32 Å². The Kier molecular flexibility index (Phi) is 10.1. The van der Waals surface area contributed by atoms with Crippen molar-refractivity contribution >= 4 is 0 Å². The van der Waals surface area contributed by atoms with Gasteiger partial charge in [0.05, 0.1) is 0 Å². The molecule has 0 atom stereocenters. The van der Waals surface area contributed by atoms with E-state index in [1.54, 1.807) is 0 Å². The lowest BCUT2D eigenvalue weighted by atomic mass is 9.98. The number of rotatable bonds is 5. The van der Waals surface area contributed by atoms with E-state index >= 15 is 0 Å². The number of nitrogens with one attached hydrogen (secondary N) is 1. The molecular weight excluding hydrogens is 275 g/mol. The van der Waals surface area contributed by atoms with Crippen LogP contribution in [0.4, 0.5) is 13.2 Å². The van der Waals surface area contributed by atoms with Gasteiger partial charge in [0.25, 0.3) is 0 Å². The molecule has 1 aliphatic carbocycles. The molecule has 0 saturated heterocycles. The first-order chi connectivity index (χ1) is 10.1. The summed E-state index contributed by atoms with van der Waals surface area (Å²) in [4.78, 5) is 0. The third-order valence-corrected chi connectivity index (χ3v) is 4.43. The number of hydrogen-bond donors (Lipinski definition) is 1. The summed E-state index contributed by atoms with van der Waals surface area (Å²) in [6, 6.07) is 0.523. The molecule has 21 heavy (non-hydrogen) atoms. The zero-order chi connectivity index (χ0) is 15.4. The Bertz CT molecular complexity index is 229. The molecule has 4 heteroatoms. The van der Waals surface area contributed by atoms with Crippen LogP contribution in [-0.4, -0.2) is 18.8 Å². The van der Waals surface area contributed by atoms with E-state index in [1.807, 2.05) is 0 Å². The maximum Gasteiger partial charge on any atom is 0.389 e. The van der Waals surface area contributed by atoms with Crippen LogP contribution >= 0.6 is 0 Å². The van der Waals surface area contributed by atoms with E-state index in [9.17, 15) is 13.2 Å². The molecule has 0 unspecified atom stereocenters. The predicted molar refractivity (Wildman–Crippen MR) is 82.5 cm³/mol. The average Bonchev–Trinajstić information content (AvgIpc) is 2.39. The Morgan fingerprint density at radius 1 is 0.714 bits per heavy atom. The summed E-state index contributed by atoms with van der Waals surface area (Å²) in [6.45, 7) is 0.737. The highest BCUT2D eigenvalue weighted by Crippen LogP contribution is 2.22. The molecule has 1 N–H and O–H groups in total. The number of halogens is 3. The van der Waals surface area contributed by atoms with Crippen LogP contribution in [0.2, 0.25) is 0 Å². The molecule has 1 fully saturated rings. The second-order valence-corrected chi connectivity index (χ2v) is 6.48. The lowest BCUT2D eigenvalue weighted by Crippen LogP contribution is -2.30. The van der Waals surface area contributed by atoms with Crippen molar-refractivity contribution in [2.45, 2.75) is 102 Å². The zero-order valence-electron chi connectivity index (χ0n) is 13.3. The van der Waals surface area contributed by atoms with Gasteiger partial charge in [0.2, 0.25) is 0 Å². The van der Waals surface area contributed by atoms with Gasteiger partial charge in [-0.3, -0.25) is 0 Å². The summed E-state index contributed by atoms with van der Waals surface area (Å²) in [7, 11) is 0. The van der Waals surface area contributed by atoms with Gasteiger partial charge in [-0.05, 0) is 32.2 Å². The normalized spacial score (nSPS) is 20.7. The first kappa shape index (κ1) is 18.8. The molecule has 1 saturated carbocycles. The van der Waals surface area contributed by atoms with Crippen LogP contribution in [0, 0.1) is 0 Å². The topological polar surface area (TPSA) is 12.0 Å². The minimum Gasteiger partial charge on any atom is -0.314 e. The maximum atomic E-state index is 12.1. The molecule has 0 spiro atoms. The van der Waals surface area contributed by atoms with Gasteiger partial charge in [-0.15, -0.1) is 0 Å². The number of alkyl halides is 3. The highest BCUT2D eigenvalue weighted by atomic mass is 19.4. The van der Waals surface area contributed by atoms with Gasteiger partial charge in [0.1, 0.15) is 0 Å². The molecular formula is C17H32F3N. The van der Waals surface area contributed by atoms with Crippen LogP contribution in [0.3, 0.4) is 0 Å². The fraction of sp³-hybridized carbons (Fsp3) is 1.00. The standard InChI is InChI=1S/C17H32F3N/c18-17(19,20)14-10-11-15-21-16-12-8-6-4-2-1-3-5-7-9-13-16/h16,21H,1-15H2. The van der Waals surface area contributed by atoms with E-state index in [0.717, 1.165) is 6.54 Å². The van der Waals surface area contributed by atoms with E-state index in [0.29, 0.717) is 12.5 Å². The summed E-state index contributed by atoms with van der Waals surface area (Å²) in [5, 5.41) is 3.49. The highest BCUT2D eigenvalue weighted by Gasteiger charge is 2.25. The van der Waals surface area contributed by atoms with Gasteiger partial charge in [-0.2, -0.15) is 13.2 Å². The van der Waals surface area contributed by atoms with E-state index in [1.165, 1.54) is 70.6 Å². The molecule has 0 aliphatic heterocycles. The van der Waals surface area contributed by atoms with Gasteiger partial charge in [0, 0.05) is 12.5 Å². The Balaban J connectivity index is 2.13. The summed E-state index contributed by atoms with van der Waals surface area (Å²) in [5.74, 6) is 0. The Morgan fingerprint density at radius 2 is 1.19 bits per heavy atom. The summed E-state index contributed by atoms with van der Waals surface area (Å²) in [6.07, 6.45) is 10.6. The van der Waals surface area contributed by atoms with Gasteiger partial charge < -0.3 is 5.32 Å². The minimum atomic E-state index is -3.99. The zero-order valence-corrected chi connectivity index (χ0v) is 13.3. The van der Waals surface area contributed by atoms with Crippen LogP contribution in [0.5, 0.6) is 0 Å². The van der Waals surface area contributed by atoms with Gasteiger partial charge in [0.15, 0.2) is 0 Å². The number of hydrogen-bond acceptors (Lipinski definition) is 1.